The number of nitrogens with two attached hydrogens (primary N) is 1. The van der Waals surface area contributed by atoms with Crippen LogP contribution in [0.2, 0.25) is 0 Å². The van der Waals surface area contributed by atoms with Crippen LogP contribution in [0.3, 0.4) is 0 Å². The second-order valence-corrected chi connectivity index (χ2v) is 4.86. The van der Waals surface area contributed by atoms with Crippen molar-refractivity contribution in [3.63, 3.8) is 0 Å². The smallest absolute Gasteiger partial charge is 0.428 e. The van der Waals surface area contributed by atoms with Gasteiger partial charge < -0.3 is 15.2 Å². The third kappa shape index (κ3) is 3.20. The van der Waals surface area contributed by atoms with Crippen molar-refractivity contribution in [3.8, 4) is 0 Å². The first-order valence-electron chi connectivity index (χ1n) is 4.97. The molecule has 0 bridgehead atoms. The van der Waals surface area contributed by atoms with Crippen molar-refractivity contribution >= 4 is 12.1 Å². The Kier molecular flexibility index (Phi) is 3.04. The maximum absolute atomic E-state index is 11.4. The lowest BCUT2D eigenvalue weighted by atomic mass is 9.78. The molecular formula is C10H17NO4. The minimum Gasteiger partial charge on any atom is -0.428 e. The van der Waals surface area contributed by atoms with E-state index in [0.29, 0.717) is 12.8 Å². The van der Waals surface area contributed by atoms with Crippen LogP contribution in [0.4, 0.5) is 4.79 Å². The van der Waals surface area contributed by atoms with Crippen molar-refractivity contribution in [1.29, 1.82) is 0 Å². The SMILES string of the molecule is CC(C)(C)OC(=O)OC(=O)C1(N)CCC1. The summed E-state index contributed by atoms with van der Waals surface area (Å²) in [5, 5.41) is 0. The van der Waals surface area contributed by atoms with E-state index in [9.17, 15) is 9.59 Å². The number of ether oxygens (including phenoxy) is 2. The fraction of sp³-hybridized carbons (Fsp3) is 0.800. The van der Waals surface area contributed by atoms with Crippen LogP contribution in [0, 0.1) is 0 Å². The van der Waals surface area contributed by atoms with Gasteiger partial charge in [-0.1, -0.05) is 0 Å². The first kappa shape index (κ1) is 12.0. The first-order chi connectivity index (χ1) is 6.73. The van der Waals surface area contributed by atoms with Gasteiger partial charge in [-0.3, -0.25) is 0 Å². The van der Waals surface area contributed by atoms with Crippen molar-refractivity contribution in [2.24, 2.45) is 5.73 Å². The monoisotopic (exact) mass is 215 g/mol. The summed E-state index contributed by atoms with van der Waals surface area (Å²) in [6, 6.07) is 0. The highest BCUT2D eigenvalue weighted by molar-refractivity contribution is 5.89. The standard InChI is InChI=1S/C10H17NO4/c1-9(2,3)15-8(13)14-7(12)10(11)5-4-6-10/h4-6,11H2,1-3H3. The van der Waals surface area contributed by atoms with Gasteiger partial charge in [0.25, 0.3) is 0 Å². The van der Waals surface area contributed by atoms with Crippen molar-refractivity contribution in [2.45, 2.75) is 51.2 Å². The van der Waals surface area contributed by atoms with Crippen molar-refractivity contribution < 1.29 is 19.1 Å². The van der Waals surface area contributed by atoms with Crippen molar-refractivity contribution in [2.75, 3.05) is 0 Å². The Hall–Kier alpha value is -1.10. The highest BCUT2D eigenvalue weighted by atomic mass is 16.7. The van der Waals surface area contributed by atoms with E-state index in [4.69, 9.17) is 10.5 Å². The molecule has 2 N–H and O–H groups in total. The molecule has 0 aromatic carbocycles. The molecule has 86 valence electrons. The van der Waals surface area contributed by atoms with Gasteiger partial charge in [-0.15, -0.1) is 0 Å². The van der Waals surface area contributed by atoms with Crippen LogP contribution in [-0.2, 0) is 14.3 Å². The minimum absolute atomic E-state index is 0.564. The van der Waals surface area contributed by atoms with Crippen LogP contribution < -0.4 is 5.73 Å². The molecule has 0 saturated heterocycles. The van der Waals surface area contributed by atoms with Crippen LogP contribution in [0.25, 0.3) is 0 Å². The average molecular weight is 215 g/mol. The lowest BCUT2D eigenvalue weighted by Crippen LogP contribution is -2.55. The fourth-order valence-electron chi connectivity index (χ4n) is 1.21. The Balaban J connectivity index is 2.42. The van der Waals surface area contributed by atoms with Gasteiger partial charge in [0.2, 0.25) is 0 Å². The van der Waals surface area contributed by atoms with E-state index in [1.165, 1.54) is 0 Å². The summed E-state index contributed by atoms with van der Waals surface area (Å²) in [5.74, 6) is -0.692. The predicted molar refractivity (Wildman–Crippen MR) is 53.1 cm³/mol. The van der Waals surface area contributed by atoms with Gasteiger partial charge >= 0.3 is 12.1 Å². The van der Waals surface area contributed by atoms with Gasteiger partial charge in [-0.25, -0.2) is 9.59 Å². The molecule has 1 saturated carbocycles. The number of carbonyl (C=O) groups excluding carboxylic acids is 2. The number of hydrogen-bond donors (Lipinski definition) is 1. The highest BCUT2D eigenvalue weighted by Gasteiger charge is 2.43. The van der Waals surface area contributed by atoms with Crippen LogP contribution in [0.5, 0.6) is 0 Å². The largest absolute Gasteiger partial charge is 0.516 e. The van der Waals surface area contributed by atoms with E-state index < -0.39 is 23.3 Å². The molecule has 0 atom stereocenters. The Morgan fingerprint density at radius 3 is 2.13 bits per heavy atom. The van der Waals surface area contributed by atoms with Gasteiger partial charge in [0.15, 0.2) is 0 Å². The summed E-state index contributed by atoms with van der Waals surface area (Å²) in [6.45, 7) is 5.08. The van der Waals surface area contributed by atoms with E-state index in [1.807, 2.05) is 0 Å². The predicted octanol–water partition coefficient (Wildman–Crippen LogP) is 1.35. The average Bonchev–Trinajstić information content (AvgIpc) is 1.95. The zero-order valence-electron chi connectivity index (χ0n) is 9.33. The Morgan fingerprint density at radius 2 is 1.80 bits per heavy atom. The maximum Gasteiger partial charge on any atom is 0.516 e. The van der Waals surface area contributed by atoms with E-state index in [2.05, 4.69) is 4.74 Å². The third-order valence-corrected chi connectivity index (χ3v) is 2.22. The normalized spacial score (nSPS) is 18.9. The molecule has 1 rings (SSSR count). The van der Waals surface area contributed by atoms with E-state index >= 15 is 0 Å². The summed E-state index contributed by atoms with van der Waals surface area (Å²) >= 11 is 0. The van der Waals surface area contributed by atoms with Gasteiger partial charge in [0.1, 0.15) is 11.1 Å². The molecule has 15 heavy (non-hydrogen) atoms. The third-order valence-electron chi connectivity index (χ3n) is 2.22. The van der Waals surface area contributed by atoms with Gasteiger partial charge in [-0.2, -0.15) is 0 Å². The van der Waals surface area contributed by atoms with E-state index in [-0.39, 0.29) is 0 Å². The summed E-state index contributed by atoms with van der Waals surface area (Å²) in [6.07, 6.45) is 1.03. The summed E-state index contributed by atoms with van der Waals surface area (Å²) in [4.78, 5) is 22.5. The van der Waals surface area contributed by atoms with Crippen LogP contribution in [0.1, 0.15) is 40.0 Å². The Labute approximate surface area is 88.9 Å². The zero-order chi connectivity index (χ0) is 11.7. The molecule has 0 amide bonds. The molecule has 0 aliphatic heterocycles. The Morgan fingerprint density at radius 1 is 1.27 bits per heavy atom. The number of hydrogen-bond acceptors (Lipinski definition) is 5. The van der Waals surface area contributed by atoms with Crippen LogP contribution in [0.15, 0.2) is 0 Å². The van der Waals surface area contributed by atoms with E-state index in [1.54, 1.807) is 20.8 Å². The number of carbonyl (C=O) groups is 2. The van der Waals surface area contributed by atoms with Gasteiger partial charge in [-0.05, 0) is 40.0 Å². The maximum atomic E-state index is 11.4. The summed E-state index contributed by atoms with van der Waals surface area (Å²) in [7, 11) is 0. The van der Waals surface area contributed by atoms with Crippen LogP contribution in [-0.4, -0.2) is 23.3 Å². The molecular weight excluding hydrogens is 198 g/mol. The van der Waals surface area contributed by atoms with Gasteiger partial charge in [0.05, 0.1) is 0 Å². The Bertz CT molecular complexity index is 276. The molecule has 1 aliphatic carbocycles. The molecule has 0 aromatic rings. The minimum atomic E-state index is -0.982. The molecule has 0 spiro atoms. The second-order valence-electron chi connectivity index (χ2n) is 4.86. The molecule has 1 fully saturated rings. The molecule has 0 heterocycles. The lowest BCUT2D eigenvalue weighted by molar-refractivity contribution is -0.151. The quantitative estimate of drug-likeness (QED) is 0.527. The van der Waals surface area contributed by atoms with Crippen LogP contribution >= 0.6 is 0 Å². The molecule has 5 heteroatoms. The highest BCUT2D eigenvalue weighted by Crippen LogP contribution is 2.30. The number of rotatable bonds is 1. The first-order valence-corrected chi connectivity index (χ1v) is 4.97. The molecule has 1 aliphatic rings. The molecule has 0 unspecified atom stereocenters. The summed E-state index contributed by atoms with van der Waals surface area (Å²) < 4.78 is 9.34. The molecule has 0 radical (unpaired) electrons. The summed E-state index contributed by atoms with van der Waals surface area (Å²) in [5.41, 5.74) is 4.03. The van der Waals surface area contributed by atoms with E-state index in [0.717, 1.165) is 6.42 Å². The fourth-order valence-corrected chi connectivity index (χ4v) is 1.21. The molecule has 0 aromatic heterocycles. The van der Waals surface area contributed by atoms with Gasteiger partial charge in [0, 0.05) is 0 Å². The number of esters is 1. The zero-order valence-corrected chi connectivity index (χ0v) is 9.33. The molecule has 5 nitrogen and oxygen atoms in total. The second kappa shape index (κ2) is 3.81. The van der Waals surface area contributed by atoms with Crippen molar-refractivity contribution in [3.05, 3.63) is 0 Å². The van der Waals surface area contributed by atoms with Crippen molar-refractivity contribution in [1.82, 2.24) is 0 Å². The topological polar surface area (TPSA) is 78.6 Å². The lowest BCUT2D eigenvalue weighted by Gasteiger charge is -2.34.